The molecule has 0 radical (unpaired) electrons. The summed E-state index contributed by atoms with van der Waals surface area (Å²) in [5.74, 6) is -0.345. The number of nitrogens with one attached hydrogen (secondary N) is 1. The number of rotatable bonds is 3. The Morgan fingerprint density at radius 2 is 2.10 bits per heavy atom. The number of carbonyl (C=O) groups excluding carboxylic acids is 2. The second-order valence-corrected chi connectivity index (χ2v) is 6.06. The molecule has 0 aromatic heterocycles. The van der Waals surface area contributed by atoms with Crippen LogP contribution >= 0.6 is 11.6 Å². The van der Waals surface area contributed by atoms with Gasteiger partial charge in [-0.1, -0.05) is 30.7 Å². The fourth-order valence-corrected chi connectivity index (χ4v) is 2.95. The highest BCUT2D eigenvalue weighted by molar-refractivity contribution is 6.34. The molecule has 2 amide bonds. The summed E-state index contributed by atoms with van der Waals surface area (Å²) in [7, 11) is 0. The zero-order chi connectivity index (χ0) is 15.4. The number of imide groups is 1. The minimum atomic E-state index is -0.472. The van der Waals surface area contributed by atoms with Crippen LogP contribution in [0.3, 0.4) is 0 Å². The lowest BCUT2D eigenvalue weighted by atomic mass is 9.97. The average molecular weight is 310 g/mol. The van der Waals surface area contributed by atoms with E-state index in [1.807, 2.05) is 4.90 Å². The van der Waals surface area contributed by atoms with Crippen LogP contribution in [-0.4, -0.2) is 42.4 Å². The van der Waals surface area contributed by atoms with Crippen LogP contribution in [0.1, 0.15) is 23.7 Å². The van der Waals surface area contributed by atoms with E-state index in [9.17, 15) is 9.59 Å². The third-order valence-electron chi connectivity index (χ3n) is 3.51. The molecule has 0 aliphatic carbocycles. The largest absolute Gasteiger partial charge is 0.327 e. The number of hydrogen-bond acceptors (Lipinski definition) is 4. The lowest BCUT2D eigenvalue weighted by Crippen LogP contribution is -2.50. The Bertz CT molecular complexity index is 525. The molecule has 1 aliphatic rings. The maximum atomic E-state index is 12.0. The van der Waals surface area contributed by atoms with Gasteiger partial charge in [-0.2, -0.15) is 0 Å². The Hall–Kier alpha value is -1.43. The Labute approximate surface area is 129 Å². The standard InChI is InChI=1S/C15H20ClN3O2/c1-10-6-11(17)8-19(7-10)9-14(20)18-15(21)12-4-2-3-5-13(12)16/h2-5,10-11H,6-9,17H2,1H3,(H,18,20,21). The first-order chi connectivity index (χ1) is 9.95. The lowest BCUT2D eigenvalue weighted by Gasteiger charge is -2.34. The molecular formula is C15H20ClN3O2. The van der Waals surface area contributed by atoms with E-state index in [0.29, 0.717) is 23.0 Å². The molecule has 114 valence electrons. The van der Waals surface area contributed by atoms with Gasteiger partial charge >= 0.3 is 0 Å². The molecule has 2 unspecified atom stereocenters. The van der Waals surface area contributed by atoms with Crippen LogP contribution in [0.15, 0.2) is 24.3 Å². The summed E-state index contributed by atoms with van der Waals surface area (Å²) in [6.45, 7) is 3.78. The number of nitrogens with two attached hydrogens (primary N) is 1. The summed E-state index contributed by atoms with van der Waals surface area (Å²) in [5, 5.41) is 2.70. The molecule has 0 bridgehead atoms. The van der Waals surface area contributed by atoms with Crippen LogP contribution in [0.5, 0.6) is 0 Å². The van der Waals surface area contributed by atoms with Crippen molar-refractivity contribution >= 4 is 23.4 Å². The lowest BCUT2D eigenvalue weighted by molar-refractivity contribution is -0.121. The zero-order valence-corrected chi connectivity index (χ0v) is 12.8. The van der Waals surface area contributed by atoms with Gasteiger partial charge in [-0.15, -0.1) is 0 Å². The van der Waals surface area contributed by atoms with Gasteiger partial charge in [-0.05, 0) is 24.5 Å². The van der Waals surface area contributed by atoms with Crippen LogP contribution in [-0.2, 0) is 4.79 Å². The maximum absolute atomic E-state index is 12.0. The fraction of sp³-hybridized carbons (Fsp3) is 0.467. The van der Waals surface area contributed by atoms with Gasteiger partial charge in [0.05, 0.1) is 17.1 Å². The number of benzene rings is 1. The molecular weight excluding hydrogens is 290 g/mol. The molecule has 5 nitrogen and oxygen atoms in total. The quantitative estimate of drug-likeness (QED) is 0.881. The van der Waals surface area contributed by atoms with Gasteiger partial charge in [0.2, 0.25) is 5.91 Å². The highest BCUT2D eigenvalue weighted by Gasteiger charge is 2.24. The summed E-state index contributed by atoms with van der Waals surface area (Å²) in [5.41, 5.74) is 6.25. The molecule has 0 spiro atoms. The minimum Gasteiger partial charge on any atom is -0.327 e. The normalized spacial score (nSPS) is 22.8. The average Bonchev–Trinajstić information content (AvgIpc) is 2.37. The summed E-state index contributed by atoms with van der Waals surface area (Å²) >= 11 is 5.93. The van der Waals surface area contributed by atoms with Crippen molar-refractivity contribution < 1.29 is 9.59 Å². The van der Waals surface area contributed by atoms with Gasteiger partial charge in [0.1, 0.15) is 0 Å². The zero-order valence-electron chi connectivity index (χ0n) is 12.0. The summed E-state index contributed by atoms with van der Waals surface area (Å²) < 4.78 is 0. The van der Waals surface area contributed by atoms with E-state index >= 15 is 0 Å². The SMILES string of the molecule is CC1CC(N)CN(CC(=O)NC(=O)c2ccccc2Cl)C1. The van der Waals surface area contributed by atoms with E-state index < -0.39 is 5.91 Å². The van der Waals surface area contributed by atoms with E-state index in [1.165, 1.54) is 0 Å². The number of hydrogen-bond donors (Lipinski definition) is 2. The van der Waals surface area contributed by atoms with Gasteiger partial charge in [0.15, 0.2) is 0 Å². The van der Waals surface area contributed by atoms with E-state index in [2.05, 4.69) is 12.2 Å². The van der Waals surface area contributed by atoms with Crippen molar-refractivity contribution in [3.8, 4) is 0 Å². The third-order valence-corrected chi connectivity index (χ3v) is 3.84. The molecule has 3 N–H and O–H groups in total. The van der Waals surface area contributed by atoms with Crippen LogP contribution < -0.4 is 11.1 Å². The minimum absolute atomic E-state index is 0.0841. The Kier molecular flexibility index (Phi) is 5.33. The molecule has 1 heterocycles. The number of halogens is 1. The fourth-order valence-electron chi connectivity index (χ4n) is 2.72. The molecule has 0 saturated carbocycles. The van der Waals surface area contributed by atoms with E-state index in [0.717, 1.165) is 13.0 Å². The van der Waals surface area contributed by atoms with Crippen LogP contribution in [0.4, 0.5) is 0 Å². The first kappa shape index (κ1) is 15.9. The third kappa shape index (κ3) is 4.52. The van der Waals surface area contributed by atoms with Gasteiger partial charge in [0.25, 0.3) is 5.91 Å². The molecule has 21 heavy (non-hydrogen) atoms. The first-order valence-electron chi connectivity index (χ1n) is 7.02. The molecule has 2 rings (SSSR count). The van der Waals surface area contributed by atoms with Gasteiger partial charge in [-0.25, -0.2) is 0 Å². The van der Waals surface area contributed by atoms with Crippen molar-refractivity contribution in [1.82, 2.24) is 10.2 Å². The highest BCUT2D eigenvalue weighted by Crippen LogP contribution is 2.15. The second-order valence-electron chi connectivity index (χ2n) is 5.65. The maximum Gasteiger partial charge on any atom is 0.259 e. The monoisotopic (exact) mass is 309 g/mol. The van der Waals surface area contributed by atoms with Crippen molar-refractivity contribution in [2.75, 3.05) is 19.6 Å². The molecule has 1 aromatic carbocycles. The van der Waals surface area contributed by atoms with Crippen LogP contribution in [0, 0.1) is 5.92 Å². The molecule has 1 aromatic rings. The van der Waals surface area contributed by atoms with Crippen molar-refractivity contribution in [2.24, 2.45) is 11.7 Å². The van der Waals surface area contributed by atoms with Crippen molar-refractivity contribution in [3.05, 3.63) is 34.9 Å². The van der Waals surface area contributed by atoms with Gasteiger partial charge < -0.3 is 5.73 Å². The number of carbonyl (C=O) groups is 2. The molecule has 6 heteroatoms. The van der Waals surface area contributed by atoms with Crippen LogP contribution in [0.25, 0.3) is 0 Å². The summed E-state index contributed by atoms with van der Waals surface area (Å²) in [6.07, 6.45) is 0.969. The summed E-state index contributed by atoms with van der Waals surface area (Å²) in [4.78, 5) is 25.9. The van der Waals surface area contributed by atoms with Crippen molar-refractivity contribution in [1.29, 1.82) is 0 Å². The number of piperidine rings is 1. The smallest absolute Gasteiger partial charge is 0.259 e. The topological polar surface area (TPSA) is 75.4 Å². The van der Waals surface area contributed by atoms with Gasteiger partial charge in [-0.3, -0.25) is 19.8 Å². The van der Waals surface area contributed by atoms with E-state index in [1.54, 1.807) is 24.3 Å². The van der Waals surface area contributed by atoms with Crippen molar-refractivity contribution in [3.63, 3.8) is 0 Å². The van der Waals surface area contributed by atoms with E-state index in [-0.39, 0.29) is 18.5 Å². The molecule has 1 saturated heterocycles. The number of amides is 2. The number of nitrogens with zero attached hydrogens (tertiary/aromatic N) is 1. The van der Waals surface area contributed by atoms with E-state index in [4.69, 9.17) is 17.3 Å². The van der Waals surface area contributed by atoms with Crippen molar-refractivity contribution in [2.45, 2.75) is 19.4 Å². The Balaban J connectivity index is 1.90. The Morgan fingerprint density at radius 3 is 2.76 bits per heavy atom. The predicted octanol–water partition coefficient (Wildman–Crippen LogP) is 1.27. The Morgan fingerprint density at radius 1 is 1.38 bits per heavy atom. The van der Waals surface area contributed by atoms with Crippen LogP contribution in [0.2, 0.25) is 5.02 Å². The van der Waals surface area contributed by atoms with Gasteiger partial charge in [0, 0.05) is 19.1 Å². The summed E-state index contributed by atoms with van der Waals surface area (Å²) in [6, 6.07) is 6.73. The first-order valence-corrected chi connectivity index (χ1v) is 7.40. The predicted molar refractivity (Wildman–Crippen MR) is 82.1 cm³/mol. The highest BCUT2D eigenvalue weighted by atomic mass is 35.5. The second kappa shape index (κ2) is 7.02. The molecule has 1 fully saturated rings. The molecule has 2 atom stereocenters. The molecule has 1 aliphatic heterocycles. The number of likely N-dealkylation sites (tertiary alicyclic amines) is 1.